The Labute approximate surface area is 139 Å². The molecule has 0 amide bonds. The van der Waals surface area contributed by atoms with Crippen LogP contribution in [0.15, 0.2) is 72.9 Å². The smallest absolute Gasteiger partial charge is 0.150 e. The van der Waals surface area contributed by atoms with Crippen molar-refractivity contribution in [2.75, 3.05) is 5.32 Å². The minimum atomic E-state index is -1.01. The van der Waals surface area contributed by atoms with Gasteiger partial charge in [0.1, 0.15) is 5.82 Å². The SMILES string of the molecule is N#C[C@@]1(c2ccc(F)cc2)c2ncccc2N[C@H]1c1ccccc1. The van der Waals surface area contributed by atoms with Gasteiger partial charge in [0.15, 0.2) is 5.41 Å². The van der Waals surface area contributed by atoms with Crippen LogP contribution in [0.25, 0.3) is 0 Å². The lowest BCUT2D eigenvalue weighted by Gasteiger charge is -2.29. The molecule has 0 spiro atoms. The van der Waals surface area contributed by atoms with Crippen molar-refractivity contribution >= 4 is 5.69 Å². The molecule has 2 atom stereocenters. The van der Waals surface area contributed by atoms with E-state index in [9.17, 15) is 9.65 Å². The van der Waals surface area contributed by atoms with Crippen molar-refractivity contribution in [2.45, 2.75) is 11.5 Å². The normalized spacial score (nSPS) is 21.6. The highest BCUT2D eigenvalue weighted by molar-refractivity contribution is 5.68. The number of nitrogens with zero attached hydrogens (tertiary/aromatic N) is 2. The van der Waals surface area contributed by atoms with Crippen LogP contribution >= 0.6 is 0 Å². The van der Waals surface area contributed by atoms with Crippen molar-refractivity contribution in [3.8, 4) is 6.07 Å². The summed E-state index contributed by atoms with van der Waals surface area (Å²) in [5, 5.41) is 13.6. The number of rotatable bonds is 2. The molecule has 0 radical (unpaired) electrons. The molecule has 0 saturated carbocycles. The molecule has 1 aromatic heterocycles. The molecule has 1 aliphatic heterocycles. The first-order valence-electron chi connectivity index (χ1n) is 7.70. The number of anilines is 1. The van der Waals surface area contributed by atoms with E-state index in [1.54, 1.807) is 18.3 Å². The zero-order chi connectivity index (χ0) is 16.6. The minimum Gasteiger partial charge on any atom is -0.374 e. The Bertz CT molecular complexity index is 916. The van der Waals surface area contributed by atoms with Gasteiger partial charge in [-0.2, -0.15) is 5.26 Å². The van der Waals surface area contributed by atoms with Crippen molar-refractivity contribution in [3.05, 3.63) is 95.6 Å². The maximum Gasteiger partial charge on any atom is 0.150 e. The number of hydrogen-bond donors (Lipinski definition) is 1. The van der Waals surface area contributed by atoms with Gasteiger partial charge in [0.25, 0.3) is 0 Å². The average Bonchev–Trinajstić information content (AvgIpc) is 2.98. The third-order valence-electron chi connectivity index (χ3n) is 4.52. The van der Waals surface area contributed by atoms with Crippen LogP contribution in [-0.4, -0.2) is 4.98 Å². The number of nitrogens with one attached hydrogen (secondary N) is 1. The molecule has 24 heavy (non-hydrogen) atoms. The third-order valence-corrected chi connectivity index (χ3v) is 4.52. The van der Waals surface area contributed by atoms with E-state index in [0.29, 0.717) is 5.69 Å². The number of hydrogen-bond acceptors (Lipinski definition) is 3. The predicted molar refractivity (Wildman–Crippen MR) is 89.8 cm³/mol. The van der Waals surface area contributed by atoms with Gasteiger partial charge in [-0.25, -0.2) is 4.39 Å². The summed E-state index contributed by atoms with van der Waals surface area (Å²) in [6.45, 7) is 0. The van der Waals surface area contributed by atoms with Crippen LogP contribution in [-0.2, 0) is 5.41 Å². The number of pyridine rings is 1. The van der Waals surface area contributed by atoms with Gasteiger partial charge in [0.05, 0.1) is 23.5 Å². The Morgan fingerprint density at radius 1 is 1.00 bits per heavy atom. The van der Waals surface area contributed by atoms with Crippen molar-refractivity contribution in [3.63, 3.8) is 0 Å². The lowest BCUT2D eigenvalue weighted by Crippen LogP contribution is -2.32. The monoisotopic (exact) mass is 315 g/mol. The van der Waals surface area contributed by atoms with E-state index in [1.165, 1.54) is 12.1 Å². The molecule has 4 rings (SSSR count). The highest BCUT2D eigenvalue weighted by Crippen LogP contribution is 2.51. The topological polar surface area (TPSA) is 48.7 Å². The van der Waals surface area contributed by atoms with Gasteiger partial charge in [0, 0.05) is 6.20 Å². The maximum atomic E-state index is 13.4. The summed E-state index contributed by atoms with van der Waals surface area (Å²) in [6.07, 6.45) is 1.68. The van der Waals surface area contributed by atoms with E-state index in [2.05, 4.69) is 16.4 Å². The maximum absolute atomic E-state index is 13.4. The molecule has 0 bridgehead atoms. The quantitative estimate of drug-likeness (QED) is 0.771. The molecule has 0 saturated heterocycles. The molecule has 0 unspecified atom stereocenters. The number of fused-ring (bicyclic) bond motifs is 1. The molecule has 2 heterocycles. The van der Waals surface area contributed by atoms with E-state index < -0.39 is 5.41 Å². The van der Waals surface area contributed by atoms with Crippen molar-refractivity contribution in [1.82, 2.24) is 4.98 Å². The molecule has 1 aliphatic rings. The van der Waals surface area contributed by atoms with Gasteiger partial charge in [-0.05, 0) is 35.4 Å². The fourth-order valence-corrected chi connectivity index (χ4v) is 3.41. The Morgan fingerprint density at radius 2 is 1.75 bits per heavy atom. The molecule has 3 aromatic rings. The number of aromatic nitrogens is 1. The summed E-state index contributed by atoms with van der Waals surface area (Å²) >= 11 is 0. The van der Waals surface area contributed by atoms with Crippen molar-refractivity contribution in [2.24, 2.45) is 0 Å². The van der Waals surface area contributed by atoms with Crippen LogP contribution in [0.5, 0.6) is 0 Å². The summed E-state index contributed by atoms with van der Waals surface area (Å²) in [6, 6.07) is 21.8. The highest BCUT2D eigenvalue weighted by atomic mass is 19.1. The van der Waals surface area contributed by atoms with E-state index in [0.717, 1.165) is 16.8 Å². The summed E-state index contributed by atoms with van der Waals surface area (Å²) in [5.41, 5.74) is 2.21. The first kappa shape index (κ1) is 14.4. The van der Waals surface area contributed by atoms with E-state index in [1.807, 2.05) is 42.5 Å². The van der Waals surface area contributed by atoms with Crippen LogP contribution in [0.4, 0.5) is 10.1 Å². The average molecular weight is 315 g/mol. The molecule has 1 N–H and O–H groups in total. The summed E-state index contributed by atoms with van der Waals surface area (Å²) in [4.78, 5) is 4.48. The Kier molecular flexibility index (Phi) is 3.28. The largest absolute Gasteiger partial charge is 0.374 e. The fraction of sp³-hybridized carbons (Fsp3) is 0.100. The van der Waals surface area contributed by atoms with Crippen molar-refractivity contribution in [1.29, 1.82) is 5.26 Å². The Balaban J connectivity index is 1.98. The van der Waals surface area contributed by atoms with E-state index in [-0.39, 0.29) is 11.9 Å². The third kappa shape index (κ3) is 1.99. The zero-order valence-corrected chi connectivity index (χ0v) is 12.8. The van der Waals surface area contributed by atoms with Gasteiger partial charge >= 0.3 is 0 Å². The molecule has 4 heteroatoms. The molecule has 2 aromatic carbocycles. The van der Waals surface area contributed by atoms with Crippen LogP contribution in [0.1, 0.15) is 22.9 Å². The number of benzene rings is 2. The zero-order valence-electron chi connectivity index (χ0n) is 12.8. The minimum absolute atomic E-state index is 0.293. The lowest BCUT2D eigenvalue weighted by molar-refractivity contribution is 0.570. The lowest BCUT2D eigenvalue weighted by atomic mass is 9.72. The molecular weight excluding hydrogens is 301 g/mol. The predicted octanol–water partition coefficient (Wildman–Crippen LogP) is 4.20. The number of nitriles is 1. The second kappa shape index (κ2) is 5.47. The molecule has 0 fully saturated rings. The van der Waals surface area contributed by atoms with Gasteiger partial charge in [-0.15, -0.1) is 0 Å². The van der Waals surface area contributed by atoms with E-state index in [4.69, 9.17) is 0 Å². The van der Waals surface area contributed by atoms with Gasteiger partial charge in [-0.3, -0.25) is 4.98 Å². The Morgan fingerprint density at radius 3 is 2.46 bits per heavy atom. The summed E-state index contributed by atoms with van der Waals surface area (Å²) in [7, 11) is 0. The van der Waals surface area contributed by atoms with E-state index >= 15 is 0 Å². The molecule has 3 nitrogen and oxygen atoms in total. The van der Waals surface area contributed by atoms with Crippen LogP contribution < -0.4 is 5.32 Å². The van der Waals surface area contributed by atoms with Gasteiger partial charge in [-0.1, -0.05) is 42.5 Å². The van der Waals surface area contributed by atoms with Gasteiger partial charge < -0.3 is 5.32 Å². The summed E-state index contributed by atoms with van der Waals surface area (Å²) < 4.78 is 13.4. The first-order chi connectivity index (χ1) is 11.8. The van der Waals surface area contributed by atoms with Crippen LogP contribution in [0, 0.1) is 17.1 Å². The number of halogens is 1. The van der Waals surface area contributed by atoms with Crippen LogP contribution in [0.3, 0.4) is 0 Å². The Hall–Kier alpha value is -3.19. The summed E-state index contributed by atoms with van der Waals surface area (Å²) in [5.74, 6) is -0.324. The second-order valence-electron chi connectivity index (χ2n) is 5.81. The van der Waals surface area contributed by atoms with Gasteiger partial charge in [0.2, 0.25) is 0 Å². The fourth-order valence-electron chi connectivity index (χ4n) is 3.41. The highest BCUT2D eigenvalue weighted by Gasteiger charge is 2.51. The van der Waals surface area contributed by atoms with Crippen LogP contribution in [0.2, 0.25) is 0 Å². The second-order valence-corrected chi connectivity index (χ2v) is 5.81. The molecular formula is C20H14FN3. The first-order valence-corrected chi connectivity index (χ1v) is 7.70. The molecule has 116 valence electrons. The van der Waals surface area contributed by atoms with Crippen molar-refractivity contribution < 1.29 is 4.39 Å². The standard InChI is InChI=1S/C20H14FN3/c21-16-10-8-15(9-11-16)20(13-22)18(14-5-2-1-3-6-14)24-17-7-4-12-23-19(17)20/h1-12,18,24H/t18-,20-/m0/s1. The molecule has 0 aliphatic carbocycles.